The van der Waals surface area contributed by atoms with Crippen LogP contribution in [-0.2, 0) is 9.53 Å². The summed E-state index contributed by atoms with van der Waals surface area (Å²) in [6, 6.07) is 13.9. The largest absolute Gasteiger partial charge is 0.465 e. The lowest BCUT2D eigenvalue weighted by atomic mass is 10.0. The van der Waals surface area contributed by atoms with Crippen molar-refractivity contribution in [3.8, 4) is 10.4 Å². The molecular formula is C29H34N4O6S. The predicted molar refractivity (Wildman–Crippen MR) is 156 cm³/mol. The summed E-state index contributed by atoms with van der Waals surface area (Å²) >= 11 is 1.52. The summed E-state index contributed by atoms with van der Waals surface area (Å²) in [5, 5.41) is 17.2. The van der Waals surface area contributed by atoms with Gasteiger partial charge in [-0.05, 0) is 88.4 Å². The van der Waals surface area contributed by atoms with Gasteiger partial charge in [-0.3, -0.25) is 14.5 Å². The van der Waals surface area contributed by atoms with Crippen LogP contribution in [0.15, 0.2) is 60.0 Å². The van der Waals surface area contributed by atoms with Crippen LogP contribution in [0, 0.1) is 0 Å². The minimum absolute atomic E-state index is 0.245. The molecule has 0 saturated heterocycles. The summed E-state index contributed by atoms with van der Waals surface area (Å²) in [5.41, 5.74) is 6.01. The number of anilines is 2. The number of ether oxygens (including phenoxy) is 1. The van der Waals surface area contributed by atoms with Gasteiger partial charge in [0.15, 0.2) is 0 Å². The number of benzene rings is 2. The molecule has 2 aromatic carbocycles. The number of amides is 4. The van der Waals surface area contributed by atoms with E-state index in [1.54, 1.807) is 53.7 Å². The highest BCUT2D eigenvalue weighted by molar-refractivity contribution is 7.13. The number of hydrogen-bond donors (Lipinski definition) is 4. The van der Waals surface area contributed by atoms with Crippen LogP contribution in [0.2, 0.25) is 0 Å². The van der Waals surface area contributed by atoms with Crippen molar-refractivity contribution in [1.29, 1.82) is 0 Å². The Kier molecular flexibility index (Phi) is 8.89. The Morgan fingerprint density at radius 3 is 2.12 bits per heavy atom. The highest BCUT2D eigenvalue weighted by Crippen LogP contribution is 2.36. The third kappa shape index (κ3) is 7.60. The first-order chi connectivity index (χ1) is 18.6. The van der Waals surface area contributed by atoms with Gasteiger partial charge in [-0.2, -0.15) is 0 Å². The minimum Gasteiger partial charge on any atom is -0.465 e. The molecule has 0 spiro atoms. The van der Waals surface area contributed by atoms with Gasteiger partial charge in [0, 0.05) is 16.0 Å². The smallest absolute Gasteiger partial charge is 0.412 e. The van der Waals surface area contributed by atoms with E-state index in [-0.39, 0.29) is 5.56 Å². The molecule has 0 bridgehead atoms. The van der Waals surface area contributed by atoms with Gasteiger partial charge in [-0.25, -0.2) is 9.59 Å². The van der Waals surface area contributed by atoms with E-state index in [0.717, 1.165) is 10.4 Å². The van der Waals surface area contributed by atoms with Crippen LogP contribution in [0.4, 0.5) is 21.0 Å². The normalized spacial score (nSPS) is 12.2. The number of primary amides is 1. The summed E-state index contributed by atoms with van der Waals surface area (Å²) in [7, 11) is 0. The summed E-state index contributed by atoms with van der Waals surface area (Å²) in [6.07, 6.45) is -1.97. The first-order valence-electron chi connectivity index (χ1n) is 12.5. The second kappa shape index (κ2) is 11.8. The number of thiophene rings is 1. The third-order valence-corrected chi connectivity index (χ3v) is 6.52. The maximum Gasteiger partial charge on any atom is 0.412 e. The molecule has 0 aliphatic carbocycles. The van der Waals surface area contributed by atoms with Gasteiger partial charge in [0.1, 0.15) is 11.6 Å². The van der Waals surface area contributed by atoms with E-state index in [1.165, 1.54) is 40.5 Å². The molecule has 4 amide bonds. The Balaban J connectivity index is 1.91. The molecule has 3 aromatic rings. The fourth-order valence-electron chi connectivity index (χ4n) is 3.94. The zero-order valence-corrected chi connectivity index (χ0v) is 24.1. The number of rotatable bonds is 7. The van der Waals surface area contributed by atoms with Crippen molar-refractivity contribution in [2.24, 2.45) is 5.73 Å². The Morgan fingerprint density at radius 2 is 1.62 bits per heavy atom. The van der Waals surface area contributed by atoms with Crippen molar-refractivity contribution in [1.82, 2.24) is 5.32 Å². The van der Waals surface area contributed by atoms with Crippen molar-refractivity contribution in [2.75, 3.05) is 10.2 Å². The number of hydrogen-bond acceptors (Lipinski definition) is 6. The van der Waals surface area contributed by atoms with Crippen molar-refractivity contribution in [2.45, 2.75) is 58.7 Å². The molecule has 40 heavy (non-hydrogen) atoms. The number of carboxylic acid groups (broad SMARTS) is 1. The molecule has 212 valence electrons. The Morgan fingerprint density at radius 1 is 0.975 bits per heavy atom. The van der Waals surface area contributed by atoms with Gasteiger partial charge in [0.05, 0.1) is 11.4 Å². The lowest BCUT2D eigenvalue weighted by Crippen LogP contribution is -2.45. The first kappa shape index (κ1) is 30.2. The Hall–Kier alpha value is -4.38. The standard InChI is InChI=1S/C29H34N4O6S/c1-28(2,3)33(27(37)38)21-14-13-19(22-8-7-15-40-22)16-20(21)31-25(35)18-11-9-17(10-12-18)23(24(30)34)32-26(36)39-29(4,5)6/h7-16,23H,1-6H3,(H2,30,34)(H,31,35)(H,32,36)(H,37,38). The summed E-state index contributed by atoms with van der Waals surface area (Å²) in [4.78, 5) is 51.9. The molecule has 1 atom stereocenters. The molecule has 0 aliphatic rings. The van der Waals surface area contributed by atoms with E-state index in [9.17, 15) is 24.3 Å². The first-order valence-corrected chi connectivity index (χ1v) is 13.4. The van der Waals surface area contributed by atoms with Gasteiger partial charge in [-0.15, -0.1) is 11.3 Å². The van der Waals surface area contributed by atoms with Crippen molar-refractivity contribution in [3.05, 3.63) is 71.1 Å². The zero-order valence-electron chi connectivity index (χ0n) is 23.3. The number of carbonyl (C=O) groups is 4. The van der Waals surface area contributed by atoms with Gasteiger partial charge in [0.25, 0.3) is 5.91 Å². The van der Waals surface area contributed by atoms with Crippen LogP contribution in [0.1, 0.15) is 63.5 Å². The fourth-order valence-corrected chi connectivity index (χ4v) is 4.67. The second-order valence-electron chi connectivity index (χ2n) is 11.1. The van der Waals surface area contributed by atoms with Gasteiger partial charge in [0.2, 0.25) is 5.91 Å². The Labute approximate surface area is 237 Å². The molecular weight excluding hydrogens is 532 g/mol. The molecule has 5 N–H and O–H groups in total. The fraction of sp³-hybridized carbons (Fsp3) is 0.310. The highest BCUT2D eigenvalue weighted by Gasteiger charge is 2.31. The molecule has 0 aliphatic heterocycles. The van der Waals surface area contributed by atoms with E-state index >= 15 is 0 Å². The lowest BCUT2D eigenvalue weighted by molar-refractivity contribution is -0.120. The van der Waals surface area contributed by atoms with Crippen LogP contribution < -0.4 is 21.3 Å². The van der Waals surface area contributed by atoms with E-state index in [0.29, 0.717) is 16.9 Å². The maximum atomic E-state index is 13.3. The monoisotopic (exact) mass is 566 g/mol. The van der Waals surface area contributed by atoms with E-state index in [2.05, 4.69) is 10.6 Å². The average Bonchev–Trinajstić information content (AvgIpc) is 3.36. The molecule has 0 saturated carbocycles. The molecule has 1 aromatic heterocycles. The lowest BCUT2D eigenvalue weighted by Gasteiger charge is -2.34. The van der Waals surface area contributed by atoms with Gasteiger partial charge < -0.3 is 26.2 Å². The third-order valence-electron chi connectivity index (χ3n) is 5.61. The molecule has 0 radical (unpaired) electrons. The van der Waals surface area contributed by atoms with Crippen LogP contribution in [0.3, 0.4) is 0 Å². The summed E-state index contributed by atoms with van der Waals surface area (Å²) in [5.74, 6) is -1.29. The number of carbonyl (C=O) groups excluding carboxylic acids is 3. The predicted octanol–water partition coefficient (Wildman–Crippen LogP) is 6.00. The quantitative estimate of drug-likeness (QED) is 0.275. The van der Waals surface area contributed by atoms with E-state index in [1.807, 2.05) is 23.6 Å². The van der Waals surface area contributed by atoms with Crippen molar-refractivity contribution in [3.63, 3.8) is 0 Å². The topological polar surface area (TPSA) is 151 Å². The number of alkyl carbamates (subject to hydrolysis) is 1. The zero-order chi connectivity index (χ0) is 29.8. The maximum absolute atomic E-state index is 13.3. The molecule has 0 fully saturated rings. The van der Waals surface area contributed by atoms with E-state index in [4.69, 9.17) is 10.5 Å². The average molecular weight is 567 g/mol. The minimum atomic E-state index is -1.17. The van der Waals surface area contributed by atoms with Gasteiger partial charge in [-0.1, -0.05) is 24.3 Å². The molecule has 10 nitrogen and oxygen atoms in total. The van der Waals surface area contributed by atoms with Gasteiger partial charge >= 0.3 is 12.2 Å². The summed E-state index contributed by atoms with van der Waals surface area (Å²) in [6.45, 7) is 10.4. The van der Waals surface area contributed by atoms with Crippen LogP contribution in [-0.4, -0.2) is 40.2 Å². The molecule has 1 heterocycles. The second-order valence-corrected chi connectivity index (χ2v) is 12.0. The van der Waals surface area contributed by atoms with Crippen LogP contribution in [0.5, 0.6) is 0 Å². The van der Waals surface area contributed by atoms with E-state index < -0.39 is 41.2 Å². The molecule has 11 heteroatoms. The van der Waals surface area contributed by atoms with Crippen LogP contribution in [0.25, 0.3) is 10.4 Å². The number of nitrogens with one attached hydrogen (secondary N) is 2. The number of nitrogens with two attached hydrogens (primary N) is 1. The number of nitrogens with zero attached hydrogens (tertiary/aromatic N) is 1. The SMILES string of the molecule is CC(C)(C)OC(=O)NC(C(N)=O)c1ccc(C(=O)Nc2cc(-c3cccs3)ccc2N(C(=O)O)C(C)(C)C)cc1. The van der Waals surface area contributed by atoms with Crippen molar-refractivity contribution >= 4 is 46.7 Å². The van der Waals surface area contributed by atoms with Crippen LogP contribution >= 0.6 is 11.3 Å². The molecule has 3 rings (SSSR count). The molecule has 1 unspecified atom stereocenters. The Bertz CT molecular complexity index is 1390. The summed E-state index contributed by atoms with van der Waals surface area (Å²) < 4.78 is 5.21. The van der Waals surface area contributed by atoms with Crippen molar-refractivity contribution < 1.29 is 29.0 Å². The highest BCUT2D eigenvalue weighted by atomic mass is 32.1.